The third-order valence-electron chi connectivity index (χ3n) is 4.85. The van der Waals surface area contributed by atoms with E-state index >= 15 is 0 Å². The summed E-state index contributed by atoms with van der Waals surface area (Å²) in [5, 5.41) is 3.86. The zero-order valence-electron chi connectivity index (χ0n) is 17.3. The van der Waals surface area contributed by atoms with E-state index in [1.165, 1.54) is 0 Å². The summed E-state index contributed by atoms with van der Waals surface area (Å²) in [5.41, 5.74) is 3.56. The van der Waals surface area contributed by atoms with Crippen molar-refractivity contribution in [1.29, 1.82) is 0 Å². The molecule has 0 aliphatic rings. The van der Waals surface area contributed by atoms with Crippen molar-refractivity contribution in [3.05, 3.63) is 58.5 Å². The van der Waals surface area contributed by atoms with Gasteiger partial charge in [0.15, 0.2) is 6.61 Å². The van der Waals surface area contributed by atoms with Gasteiger partial charge in [-0.1, -0.05) is 18.2 Å². The average molecular weight is 411 g/mol. The van der Waals surface area contributed by atoms with E-state index in [0.29, 0.717) is 29.8 Å². The summed E-state index contributed by atoms with van der Waals surface area (Å²) in [4.78, 5) is 42.4. The molecular weight excluding hydrogens is 386 g/mol. The van der Waals surface area contributed by atoms with Crippen LogP contribution in [0.4, 0.5) is 0 Å². The molecule has 1 aromatic carbocycles. The maximum absolute atomic E-state index is 12.3. The fraction of sp³-hybridized carbons (Fsp3) is 0.318. The van der Waals surface area contributed by atoms with Crippen LogP contribution in [-0.2, 0) is 20.7 Å². The second kappa shape index (κ2) is 9.30. The van der Waals surface area contributed by atoms with Gasteiger partial charge in [-0.15, -0.1) is 0 Å². The van der Waals surface area contributed by atoms with Gasteiger partial charge in [-0.05, 0) is 44.4 Å². The van der Waals surface area contributed by atoms with Crippen molar-refractivity contribution in [2.75, 3.05) is 19.8 Å². The molecule has 8 heteroatoms. The number of hydrogen-bond donors (Lipinski definition) is 3. The highest BCUT2D eigenvalue weighted by molar-refractivity contribution is 5.99. The molecule has 1 amide bonds. The smallest absolute Gasteiger partial charge is 0.355 e. The molecule has 0 bridgehead atoms. The number of amides is 1. The summed E-state index contributed by atoms with van der Waals surface area (Å²) in [6.07, 6.45) is 2.58. The Kier molecular flexibility index (Phi) is 6.56. The van der Waals surface area contributed by atoms with Crippen molar-refractivity contribution in [2.45, 2.75) is 27.2 Å². The first-order chi connectivity index (χ1) is 14.4. The van der Waals surface area contributed by atoms with E-state index in [1.807, 2.05) is 30.5 Å². The van der Waals surface area contributed by atoms with Crippen LogP contribution in [0.2, 0.25) is 0 Å². The number of benzene rings is 1. The summed E-state index contributed by atoms with van der Waals surface area (Å²) in [6, 6.07) is 7.95. The van der Waals surface area contributed by atoms with Crippen LogP contribution in [0.1, 0.15) is 44.6 Å². The van der Waals surface area contributed by atoms with Crippen molar-refractivity contribution < 1.29 is 23.9 Å². The monoisotopic (exact) mass is 411 g/mol. The molecule has 3 rings (SSSR count). The molecule has 0 saturated heterocycles. The number of para-hydroxylation sites is 1. The lowest BCUT2D eigenvalue weighted by molar-refractivity contribution is -0.124. The number of hydrogen-bond acceptors (Lipinski definition) is 5. The predicted octanol–water partition coefficient (Wildman–Crippen LogP) is 2.81. The van der Waals surface area contributed by atoms with Gasteiger partial charge in [-0.3, -0.25) is 4.79 Å². The summed E-state index contributed by atoms with van der Waals surface area (Å²) < 4.78 is 10.1. The molecule has 0 aliphatic carbocycles. The van der Waals surface area contributed by atoms with Crippen LogP contribution in [0, 0.1) is 13.8 Å². The molecule has 158 valence electrons. The van der Waals surface area contributed by atoms with E-state index in [0.717, 1.165) is 16.5 Å². The Bertz CT molecular complexity index is 1080. The second-order valence-corrected chi connectivity index (χ2v) is 6.88. The fourth-order valence-corrected chi connectivity index (χ4v) is 3.39. The Morgan fingerprint density at radius 3 is 2.60 bits per heavy atom. The van der Waals surface area contributed by atoms with Gasteiger partial charge in [0.1, 0.15) is 5.69 Å². The first-order valence-corrected chi connectivity index (χ1v) is 9.77. The van der Waals surface area contributed by atoms with E-state index in [4.69, 9.17) is 9.47 Å². The standard InChI is InChI=1S/C22H25N3O5/c1-4-29-21(27)19-13(2)20(25-14(19)3)22(28)30-12-18(26)23-10-9-15-11-24-17-8-6-5-7-16(15)17/h5-8,11,24-25H,4,9-10,12H2,1-3H3,(H,23,26). The number of nitrogens with one attached hydrogen (secondary N) is 3. The number of esters is 2. The Morgan fingerprint density at radius 2 is 1.83 bits per heavy atom. The highest BCUT2D eigenvalue weighted by Crippen LogP contribution is 2.20. The zero-order valence-corrected chi connectivity index (χ0v) is 17.3. The second-order valence-electron chi connectivity index (χ2n) is 6.88. The lowest BCUT2D eigenvalue weighted by Gasteiger charge is -2.07. The lowest BCUT2D eigenvalue weighted by Crippen LogP contribution is -2.30. The van der Waals surface area contributed by atoms with Gasteiger partial charge in [0.2, 0.25) is 0 Å². The molecule has 0 radical (unpaired) electrons. The van der Waals surface area contributed by atoms with Gasteiger partial charge in [0, 0.05) is 29.3 Å². The van der Waals surface area contributed by atoms with Gasteiger partial charge in [-0.25, -0.2) is 9.59 Å². The normalized spacial score (nSPS) is 10.8. The van der Waals surface area contributed by atoms with Crippen molar-refractivity contribution in [1.82, 2.24) is 15.3 Å². The lowest BCUT2D eigenvalue weighted by atomic mass is 10.1. The number of carbonyl (C=O) groups is 3. The maximum atomic E-state index is 12.3. The van der Waals surface area contributed by atoms with E-state index in [2.05, 4.69) is 15.3 Å². The molecule has 2 aromatic heterocycles. The summed E-state index contributed by atoms with van der Waals surface area (Å²) in [7, 11) is 0. The molecule has 3 N–H and O–H groups in total. The number of rotatable bonds is 8. The first kappa shape index (κ1) is 21.2. The van der Waals surface area contributed by atoms with Crippen molar-refractivity contribution in [3.8, 4) is 0 Å². The third-order valence-corrected chi connectivity index (χ3v) is 4.85. The Labute approximate surface area is 173 Å². The van der Waals surface area contributed by atoms with Gasteiger partial charge < -0.3 is 24.8 Å². The van der Waals surface area contributed by atoms with Crippen LogP contribution in [0.3, 0.4) is 0 Å². The molecule has 8 nitrogen and oxygen atoms in total. The largest absolute Gasteiger partial charge is 0.462 e. The topological polar surface area (TPSA) is 113 Å². The fourth-order valence-electron chi connectivity index (χ4n) is 3.39. The number of aromatic nitrogens is 2. The van der Waals surface area contributed by atoms with E-state index in [1.54, 1.807) is 20.8 Å². The quantitative estimate of drug-likeness (QED) is 0.493. The molecule has 0 spiro atoms. The van der Waals surface area contributed by atoms with Crippen molar-refractivity contribution >= 4 is 28.7 Å². The van der Waals surface area contributed by atoms with Gasteiger partial charge in [0.05, 0.1) is 12.2 Å². The summed E-state index contributed by atoms with van der Waals surface area (Å²) in [5.74, 6) is -1.59. The molecular formula is C22H25N3O5. The van der Waals surface area contributed by atoms with Crippen LogP contribution in [0.5, 0.6) is 0 Å². The average Bonchev–Trinajstić information content (AvgIpc) is 3.27. The minimum absolute atomic E-state index is 0.141. The number of H-pyrrole nitrogens is 2. The predicted molar refractivity (Wildman–Crippen MR) is 112 cm³/mol. The maximum Gasteiger partial charge on any atom is 0.355 e. The summed E-state index contributed by atoms with van der Waals surface area (Å²) >= 11 is 0. The molecule has 2 heterocycles. The van der Waals surface area contributed by atoms with Crippen LogP contribution < -0.4 is 5.32 Å². The number of carbonyl (C=O) groups excluding carboxylic acids is 3. The molecule has 3 aromatic rings. The Hall–Kier alpha value is -3.55. The van der Waals surface area contributed by atoms with E-state index in [-0.39, 0.29) is 12.3 Å². The Balaban J connectivity index is 1.50. The molecule has 0 unspecified atom stereocenters. The SMILES string of the molecule is CCOC(=O)c1c(C)[nH]c(C(=O)OCC(=O)NCCc2c[nH]c3ccccc23)c1C. The number of ether oxygens (including phenoxy) is 2. The van der Waals surface area contributed by atoms with Gasteiger partial charge in [0.25, 0.3) is 5.91 Å². The molecule has 0 saturated carbocycles. The molecule has 30 heavy (non-hydrogen) atoms. The third kappa shape index (κ3) is 4.53. The first-order valence-electron chi connectivity index (χ1n) is 9.77. The highest BCUT2D eigenvalue weighted by atomic mass is 16.5. The van der Waals surface area contributed by atoms with Crippen LogP contribution in [0.25, 0.3) is 10.9 Å². The van der Waals surface area contributed by atoms with Gasteiger partial charge >= 0.3 is 11.9 Å². The zero-order chi connectivity index (χ0) is 21.7. The van der Waals surface area contributed by atoms with Gasteiger partial charge in [-0.2, -0.15) is 0 Å². The van der Waals surface area contributed by atoms with Crippen LogP contribution in [0.15, 0.2) is 30.5 Å². The number of aromatic amines is 2. The van der Waals surface area contributed by atoms with Crippen LogP contribution in [-0.4, -0.2) is 47.6 Å². The van der Waals surface area contributed by atoms with Crippen molar-refractivity contribution in [2.24, 2.45) is 0 Å². The van der Waals surface area contributed by atoms with E-state index in [9.17, 15) is 14.4 Å². The van der Waals surface area contributed by atoms with Crippen molar-refractivity contribution in [3.63, 3.8) is 0 Å². The Morgan fingerprint density at radius 1 is 1.07 bits per heavy atom. The minimum atomic E-state index is -0.696. The van der Waals surface area contributed by atoms with E-state index < -0.39 is 24.5 Å². The molecule has 0 atom stereocenters. The van der Waals surface area contributed by atoms with Crippen LogP contribution >= 0.6 is 0 Å². The summed E-state index contributed by atoms with van der Waals surface area (Å²) in [6.45, 7) is 5.27. The minimum Gasteiger partial charge on any atom is -0.462 e. The number of aryl methyl sites for hydroxylation is 1. The highest BCUT2D eigenvalue weighted by Gasteiger charge is 2.24. The molecule has 0 fully saturated rings. The molecule has 0 aliphatic heterocycles. The number of fused-ring (bicyclic) bond motifs is 1.